The lowest BCUT2D eigenvalue weighted by Gasteiger charge is -2.16. The van der Waals surface area contributed by atoms with Crippen LogP contribution in [0.25, 0.3) is 0 Å². The molecule has 3 nitrogen and oxygen atoms in total. The molecular formula is C17H20BrNO2. The molecule has 2 aromatic rings. The van der Waals surface area contributed by atoms with E-state index in [1.807, 2.05) is 36.4 Å². The van der Waals surface area contributed by atoms with E-state index in [0.29, 0.717) is 6.04 Å². The van der Waals surface area contributed by atoms with Crippen LogP contribution in [0.15, 0.2) is 46.9 Å². The molecular weight excluding hydrogens is 330 g/mol. The van der Waals surface area contributed by atoms with Crippen molar-refractivity contribution in [3.05, 3.63) is 52.5 Å². The third-order valence-corrected chi connectivity index (χ3v) is 3.91. The second-order valence-corrected chi connectivity index (χ2v) is 5.60. The average Bonchev–Trinajstić information content (AvgIpc) is 2.47. The Balaban J connectivity index is 2.16. The van der Waals surface area contributed by atoms with E-state index in [9.17, 15) is 0 Å². The molecule has 0 amide bonds. The number of hydrogen-bond donors (Lipinski definition) is 1. The lowest BCUT2D eigenvalue weighted by Crippen LogP contribution is -2.17. The van der Waals surface area contributed by atoms with Crippen LogP contribution in [-0.2, 0) is 0 Å². The third kappa shape index (κ3) is 4.22. The summed E-state index contributed by atoms with van der Waals surface area (Å²) in [6, 6.07) is 13.9. The summed E-state index contributed by atoms with van der Waals surface area (Å²) < 4.78 is 12.1. The fourth-order valence-corrected chi connectivity index (χ4v) is 2.84. The van der Waals surface area contributed by atoms with Crippen LogP contribution in [0.1, 0.15) is 25.5 Å². The van der Waals surface area contributed by atoms with Crippen molar-refractivity contribution in [2.24, 2.45) is 0 Å². The Bertz CT molecular complexity index is 601. The summed E-state index contributed by atoms with van der Waals surface area (Å²) in [6.07, 6.45) is 0. The summed E-state index contributed by atoms with van der Waals surface area (Å²) >= 11 is 3.61. The Kier molecular flexibility index (Phi) is 5.65. The zero-order valence-corrected chi connectivity index (χ0v) is 14.1. The second kappa shape index (κ2) is 7.48. The first-order valence-electron chi connectivity index (χ1n) is 6.98. The van der Waals surface area contributed by atoms with Crippen LogP contribution in [-0.4, -0.2) is 13.7 Å². The van der Waals surface area contributed by atoms with E-state index in [4.69, 9.17) is 9.47 Å². The summed E-state index contributed by atoms with van der Waals surface area (Å²) in [4.78, 5) is 0. The van der Waals surface area contributed by atoms with Gasteiger partial charge in [0, 0.05) is 16.6 Å². The molecule has 2 aromatic carbocycles. The number of hydrogen-bond acceptors (Lipinski definition) is 3. The molecule has 0 bridgehead atoms. The molecule has 21 heavy (non-hydrogen) atoms. The maximum atomic E-state index is 5.87. The molecule has 0 spiro atoms. The molecule has 0 fully saturated rings. The highest BCUT2D eigenvalue weighted by atomic mass is 79.9. The summed E-state index contributed by atoms with van der Waals surface area (Å²) in [5.74, 6) is 2.33. The molecule has 1 atom stereocenters. The number of rotatable bonds is 6. The van der Waals surface area contributed by atoms with Crippen molar-refractivity contribution in [3.63, 3.8) is 0 Å². The topological polar surface area (TPSA) is 30.5 Å². The molecule has 2 rings (SSSR count). The Hall–Kier alpha value is -1.52. The normalized spacial score (nSPS) is 12.0. The van der Waals surface area contributed by atoms with E-state index < -0.39 is 0 Å². The van der Waals surface area contributed by atoms with Gasteiger partial charge in [-0.3, -0.25) is 0 Å². The van der Waals surface area contributed by atoms with Gasteiger partial charge in [0.05, 0.1) is 7.11 Å². The van der Waals surface area contributed by atoms with Gasteiger partial charge in [-0.25, -0.2) is 0 Å². The molecule has 1 unspecified atom stereocenters. The van der Waals surface area contributed by atoms with Crippen LogP contribution in [0, 0.1) is 0 Å². The third-order valence-electron chi connectivity index (χ3n) is 3.23. The molecule has 0 aliphatic heterocycles. The van der Waals surface area contributed by atoms with Gasteiger partial charge in [-0.1, -0.05) is 35.0 Å². The lowest BCUT2D eigenvalue weighted by atomic mass is 10.1. The first kappa shape index (κ1) is 15.9. The highest BCUT2D eigenvalue weighted by molar-refractivity contribution is 9.10. The van der Waals surface area contributed by atoms with Crippen molar-refractivity contribution in [1.29, 1.82) is 0 Å². The van der Waals surface area contributed by atoms with E-state index in [0.717, 1.165) is 28.3 Å². The van der Waals surface area contributed by atoms with Gasteiger partial charge < -0.3 is 14.8 Å². The van der Waals surface area contributed by atoms with Crippen molar-refractivity contribution in [2.75, 3.05) is 13.7 Å². The highest BCUT2D eigenvalue weighted by Gasteiger charge is 2.09. The Morgan fingerprint density at radius 2 is 1.81 bits per heavy atom. The summed E-state index contributed by atoms with van der Waals surface area (Å²) in [7, 11) is 1.65. The first-order chi connectivity index (χ1) is 10.1. The van der Waals surface area contributed by atoms with Gasteiger partial charge in [0.2, 0.25) is 0 Å². The minimum atomic E-state index is 0.301. The molecule has 0 saturated heterocycles. The van der Waals surface area contributed by atoms with Gasteiger partial charge in [0.25, 0.3) is 0 Å². The molecule has 0 radical (unpaired) electrons. The van der Waals surface area contributed by atoms with Gasteiger partial charge in [-0.2, -0.15) is 0 Å². The van der Waals surface area contributed by atoms with Crippen molar-refractivity contribution in [2.45, 2.75) is 19.9 Å². The molecule has 112 valence electrons. The summed E-state index contributed by atoms with van der Waals surface area (Å²) in [5, 5.41) is 3.40. The van der Waals surface area contributed by atoms with E-state index in [-0.39, 0.29) is 0 Å². The SMILES string of the molecule is CCNC(C)c1ccc(Oc2cccc(OC)c2)cc1Br. The molecule has 4 heteroatoms. The standard InChI is InChI=1S/C17H20BrNO2/c1-4-19-12(2)16-9-8-15(11-17(16)18)21-14-7-5-6-13(10-14)20-3/h5-12,19H,4H2,1-3H3. The van der Waals surface area contributed by atoms with Crippen LogP contribution in [0.2, 0.25) is 0 Å². The van der Waals surface area contributed by atoms with Crippen molar-refractivity contribution in [3.8, 4) is 17.2 Å². The van der Waals surface area contributed by atoms with E-state index in [2.05, 4.69) is 41.2 Å². The molecule has 1 N–H and O–H groups in total. The first-order valence-corrected chi connectivity index (χ1v) is 7.78. The number of benzene rings is 2. The predicted molar refractivity (Wildman–Crippen MR) is 89.3 cm³/mol. The quantitative estimate of drug-likeness (QED) is 0.802. The van der Waals surface area contributed by atoms with Crippen LogP contribution in [0.3, 0.4) is 0 Å². The van der Waals surface area contributed by atoms with Crippen LogP contribution in [0.5, 0.6) is 17.2 Å². The molecule has 0 heterocycles. The number of halogens is 1. The largest absolute Gasteiger partial charge is 0.497 e. The Morgan fingerprint density at radius 3 is 2.48 bits per heavy atom. The predicted octanol–water partition coefficient (Wildman–Crippen LogP) is 4.92. The van der Waals surface area contributed by atoms with Gasteiger partial charge in [-0.05, 0) is 43.3 Å². The minimum Gasteiger partial charge on any atom is -0.497 e. The number of nitrogens with one attached hydrogen (secondary N) is 1. The van der Waals surface area contributed by atoms with Crippen LogP contribution < -0.4 is 14.8 Å². The zero-order chi connectivity index (χ0) is 15.2. The molecule has 0 aliphatic rings. The fourth-order valence-electron chi connectivity index (χ4n) is 2.14. The van der Waals surface area contributed by atoms with Crippen molar-refractivity contribution < 1.29 is 9.47 Å². The van der Waals surface area contributed by atoms with E-state index in [1.165, 1.54) is 5.56 Å². The number of methoxy groups -OCH3 is 1. The smallest absolute Gasteiger partial charge is 0.131 e. The van der Waals surface area contributed by atoms with Gasteiger partial charge in [0.15, 0.2) is 0 Å². The van der Waals surface area contributed by atoms with Crippen LogP contribution in [0.4, 0.5) is 0 Å². The summed E-state index contributed by atoms with van der Waals surface area (Å²) in [6.45, 7) is 5.19. The molecule has 0 aromatic heterocycles. The average molecular weight is 350 g/mol. The Morgan fingerprint density at radius 1 is 1.10 bits per heavy atom. The molecule has 0 aliphatic carbocycles. The zero-order valence-electron chi connectivity index (χ0n) is 12.5. The molecule has 0 saturated carbocycles. The highest BCUT2D eigenvalue weighted by Crippen LogP contribution is 2.31. The summed E-state index contributed by atoms with van der Waals surface area (Å²) in [5.41, 5.74) is 1.22. The fraction of sp³-hybridized carbons (Fsp3) is 0.294. The monoisotopic (exact) mass is 349 g/mol. The minimum absolute atomic E-state index is 0.301. The van der Waals surface area contributed by atoms with Gasteiger partial charge in [0.1, 0.15) is 17.2 Å². The van der Waals surface area contributed by atoms with Crippen molar-refractivity contribution >= 4 is 15.9 Å². The van der Waals surface area contributed by atoms with Gasteiger partial charge in [-0.15, -0.1) is 0 Å². The number of ether oxygens (including phenoxy) is 2. The van der Waals surface area contributed by atoms with Crippen LogP contribution >= 0.6 is 15.9 Å². The Labute approximate surface area is 134 Å². The van der Waals surface area contributed by atoms with Gasteiger partial charge >= 0.3 is 0 Å². The lowest BCUT2D eigenvalue weighted by molar-refractivity contribution is 0.409. The van der Waals surface area contributed by atoms with E-state index >= 15 is 0 Å². The maximum Gasteiger partial charge on any atom is 0.131 e. The van der Waals surface area contributed by atoms with Crippen molar-refractivity contribution in [1.82, 2.24) is 5.32 Å². The maximum absolute atomic E-state index is 5.87. The van der Waals surface area contributed by atoms with E-state index in [1.54, 1.807) is 7.11 Å². The second-order valence-electron chi connectivity index (χ2n) is 4.74.